The van der Waals surface area contributed by atoms with Crippen molar-refractivity contribution >= 4 is 9.84 Å². The summed E-state index contributed by atoms with van der Waals surface area (Å²) in [6.07, 6.45) is -6.17. The third-order valence-electron chi connectivity index (χ3n) is 3.65. The van der Waals surface area contributed by atoms with Crippen LogP contribution in [-0.4, -0.2) is 36.3 Å². The summed E-state index contributed by atoms with van der Waals surface area (Å²) in [4.78, 5) is 0. The highest BCUT2D eigenvalue weighted by Gasteiger charge is 2.54. The van der Waals surface area contributed by atoms with E-state index in [9.17, 15) is 26.7 Å². The van der Waals surface area contributed by atoms with Crippen molar-refractivity contribution < 1.29 is 26.7 Å². The van der Waals surface area contributed by atoms with Gasteiger partial charge in [0.25, 0.3) is 0 Å². The molecule has 0 aromatic rings. The Morgan fingerprint density at radius 2 is 1.56 bits per heavy atom. The van der Waals surface area contributed by atoms with Gasteiger partial charge in [-0.2, -0.15) is 13.2 Å². The quantitative estimate of drug-likeness (QED) is 0.711. The lowest BCUT2D eigenvalue weighted by atomic mass is 9.88. The molecule has 0 spiro atoms. The fourth-order valence-corrected chi connectivity index (χ4v) is 5.12. The second-order valence-electron chi connectivity index (χ2n) is 4.60. The molecule has 4 unspecified atom stereocenters. The van der Waals surface area contributed by atoms with Crippen molar-refractivity contribution in [3.63, 3.8) is 0 Å². The monoisotopic (exact) mass is 258 g/mol. The summed E-state index contributed by atoms with van der Waals surface area (Å²) in [7, 11) is -3.45. The average Bonchev–Trinajstić information content (AvgIpc) is 2.28. The van der Waals surface area contributed by atoms with Crippen LogP contribution in [0.5, 0.6) is 0 Å². The molecule has 2 bridgehead atoms. The maximum absolute atomic E-state index is 12.6. The van der Waals surface area contributed by atoms with Crippen molar-refractivity contribution in [3.05, 3.63) is 0 Å². The van der Waals surface area contributed by atoms with Crippen molar-refractivity contribution in [1.29, 1.82) is 0 Å². The van der Waals surface area contributed by atoms with E-state index in [2.05, 4.69) is 0 Å². The molecule has 2 aliphatic heterocycles. The number of hydrogen-bond acceptors (Lipinski definition) is 3. The summed E-state index contributed by atoms with van der Waals surface area (Å²) < 4.78 is 61.3. The molecule has 0 saturated carbocycles. The zero-order chi connectivity index (χ0) is 12.1. The first-order chi connectivity index (χ1) is 7.23. The van der Waals surface area contributed by atoms with E-state index in [1.807, 2.05) is 0 Å². The molecule has 0 aromatic heterocycles. The molecule has 4 atom stereocenters. The molecule has 94 valence electrons. The van der Waals surface area contributed by atoms with E-state index in [0.717, 1.165) is 0 Å². The molecule has 0 radical (unpaired) electrons. The van der Waals surface area contributed by atoms with Gasteiger partial charge in [-0.1, -0.05) is 0 Å². The van der Waals surface area contributed by atoms with Crippen LogP contribution < -0.4 is 0 Å². The summed E-state index contributed by atoms with van der Waals surface area (Å²) in [5, 5.41) is 7.76. The molecule has 2 rings (SSSR count). The summed E-state index contributed by atoms with van der Waals surface area (Å²) >= 11 is 0. The SMILES string of the molecule is O=S1(=O)C2CCC1CC(C(F)(F)F)C(O)C2. The highest BCUT2D eigenvalue weighted by molar-refractivity contribution is 7.92. The second kappa shape index (κ2) is 3.60. The number of halogens is 3. The Labute approximate surface area is 91.6 Å². The molecule has 3 nitrogen and oxygen atoms in total. The first kappa shape index (κ1) is 12.2. The molecule has 7 heteroatoms. The Balaban J connectivity index is 2.31. The van der Waals surface area contributed by atoms with E-state index in [-0.39, 0.29) is 6.42 Å². The van der Waals surface area contributed by atoms with Crippen LogP contribution >= 0.6 is 0 Å². The minimum Gasteiger partial charge on any atom is -0.392 e. The minimum absolute atomic E-state index is 0.275. The van der Waals surface area contributed by atoms with Crippen molar-refractivity contribution in [2.75, 3.05) is 0 Å². The first-order valence-electron chi connectivity index (χ1n) is 5.20. The Morgan fingerprint density at radius 1 is 1.06 bits per heavy atom. The van der Waals surface area contributed by atoms with Crippen LogP contribution in [0.4, 0.5) is 13.2 Å². The Hall–Kier alpha value is -0.300. The molecule has 16 heavy (non-hydrogen) atoms. The maximum atomic E-state index is 12.6. The average molecular weight is 258 g/mol. The Bertz CT molecular complexity index is 376. The van der Waals surface area contributed by atoms with Crippen molar-refractivity contribution in [2.24, 2.45) is 5.92 Å². The lowest BCUT2D eigenvalue weighted by Gasteiger charge is -2.25. The number of hydrogen-bond donors (Lipinski definition) is 1. The highest BCUT2D eigenvalue weighted by Crippen LogP contribution is 2.44. The van der Waals surface area contributed by atoms with Gasteiger partial charge in [-0.05, 0) is 25.7 Å². The predicted molar refractivity (Wildman–Crippen MR) is 50.5 cm³/mol. The summed E-state index contributed by atoms with van der Waals surface area (Å²) in [5.74, 6) is -1.89. The van der Waals surface area contributed by atoms with Crippen LogP contribution in [-0.2, 0) is 9.84 Å². The first-order valence-corrected chi connectivity index (χ1v) is 6.81. The summed E-state index contributed by atoms with van der Waals surface area (Å²) in [5.41, 5.74) is 0. The van der Waals surface area contributed by atoms with E-state index in [4.69, 9.17) is 0 Å². The van der Waals surface area contributed by atoms with E-state index >= 15 is 0 Å². The van der Waals surface area contributed by atoms with Crippen LogP contribution in [0.3, 0.4) is 0 Å². The number of sulfone groups is 1. The smallest absolute Gasteiger partial charge is 0.392 e. The van der Waals surface area contributed by atoms with E-state index in [1.54, 1.807) is 0 Å². The van der Waals surface area contributed by atoms with Crippen LogP contribution in [0.25, 0.3) is 0 Å². The molecule has 2 heterocycles. The van der Waals surface area contributed by atoms with Crippen LogP contribution in [0.15, 0.2) is 0 Å². The number of rotatable bonds is 0. The zero-order valence-corrected chi connectivity index (χ0v) is 9.26. The van der Waals surface area contributed by atoms with E-state index in [1.165, 1.54) is 0 Å². The van der Waals surface area contributed by atoms with Gasteiger partial charge in [-0.15, -0.1) is 0 Å². The minimum atomic E-state index is -4.51. The molecule has 0 amide bonds. The van der Waals surface area contributed by atoms with Crippen molar-refractivity contribution in [2.45, 2.75) is 48.5 Å². The van der Waals surface area contributed by atoms with Gasteiger partial charge in [0.15, 0.2) is 9.84 Å². The van der Waals surface area contributed by atoms with Gasteiger partial charge >= 0.3 is 6.18 Å². The van der Waals surface area contributed by atoms with Crippen molar-refractivity contribution in [1.82, 2.24) is 0 Å². The van der Waals surface area contributed by atoms with Gasteiger partial charge in [0.05, 0.1) is 22.5 Å². The molecule has 1 N–H and O–H groups in total. The molecule has 0 aliphatic carbocycles. The molecule has 2 saturated heterocycles. The molecule has 2 fully saturated rings. The molecule has 2 aliphatic rings. The second-order valence-corrected chi connectivity index (χ2v) is 7.11. The summed E-state index contributed by atoms with van der Waals surface area (Å²) in [6, 6.07) is 0. The Morgan fingerprint density at radius 3 is 2.06 bits per heavy atom. The van der Waals surface area contributed by atoms with Gasteiger partial charge in [0.1, 0.15) is 0 Å². The third kappa shape index (κ3) is 1.84. The van der Waals surface area contributed by atoms with Crippen LogP contribution in [0, 0.1) is 5.92 Å². The summed E-state index contributed by atoms with van der Waals surface area (Å²) in [6.45, 7) is 0. The molecular weight excluding hydrogens is 245 g/mol. The lowest BCUT2D eigenvalue weighted by Crippen LogP contribution is -2.36. The highest BCUT2D eigenvalue weighted by atomic mass is 32.2. The van der Waals surface area contributed by atoms with Gasteiger partial charge < -0.3 is 5.11 Å². The zero-order valence-electron chi connectivity index (χ0n) is 8.44. The number of alkyl halides is 3. The van der Waals surface area contributed by atoms with E-state index in [0.29, 0.717) is 12.8 Å². The van der Waals surface area contributed by atoms with Gasteiger partial charge in [0.2, 0.25) is 0 Å². The normalized spacial score (nSPS) is 43.0. The molecular formula is C9H13F3O3S. The standard InChI is InChI=1S/C9H13F3O3S/c10-9(11,12)7-3-5-1-2-6(4-8(7)13)16(5,14)15/h5-8,13H,1-4H2. The lowest BCUT2D eigenvalue weighted by molar-refractivity contribution is -0.202. The molecule has 0 aromatic carbocycles. The fraction of sp³-hybridized carbons (Fsp3) is 1.00. The fourth-order valence-electron chi connectivity index (χ4n) is 2.70. The predicted octanol–water partition coefficient (Wildman–Crippen LogP) is 1.27. The number of aliphatic hydroxyl groups excluding tert-OH is 1. The van der Waals surface area contributed by atoms with Gasteiger partial charge in [-0.3, -0.25) is 0 Å². The largest absolute Gasteiger partial charge is 0.394 e. The topological polar surface area (TPSA) is 54.4 Å². The Kier molecular flexibility index (Phi) is 2.73. The van der Waals surface area contributed by atoms with E-state index < -0.39 is 45.0 Å². The number of aliphatic hydroxyl groups is 1. The van der Waals surface area contributed by atoms with Crippen molar-refractivity contribution in [3.8, 4) is 0 Å². The number of fused-ring (bicyclic) bond motifs is 2. The van der Waals surface area contributed by atoms with Gasteiger partial charge in [-0.25, -0.2) is 8.42 Å². The van der Waals surface area contributed by atoms with Crippen LogP contribution in [0.1, 0.15) is 25.7 Å². The third-order valence-corrected chi connectivity index (χ3v) is 6.36. The van der Waals surface area contributed by atoms with Crippen LogP contribution in [0.2, 0.25) is 0 Å². The maximum Gasteiger partial charge on any atom is 0.394 e. The van der Waals surface area contributed by atoms with Gasteiger partial charge in [0, 0.05) is 0 Å².